The molecule has 2 N–H and O–H groups in total. The van der Waals surface area contributed by atoms with Gasteiger partial charge in [0.1, 0.15) is 6.10 Å². The molecule has 1 rings (SSSR count). The standard InChI is InChI=1S/C29H50BrO7P/c1-3-4-5-6-7-8-9-10-11-12-13-14-15-19-22-35-24-28(37-26(2)31)23-29(30,25-36-38(32,33)34)27-20-17-16-18-21-27/h16-18,20-21,28H,3-15,19,22-25H2,1-2H3,(H2,32,33,34). The second-order valence-electron chi connectivity index (χ2n) is 10.2. The Bertz CT molecular complexity index is 773. The second kappa shape index (κ2) is 21.0. The molecule has 0 saturated heterocycles. The molecule has 7 nitrogen and oxygen atoms in total. The fraction of sp³-hybridized carbons (Fsp3) is 0.759. The van der Waals surface area contributed by atoms with E-state index in [2.05, 4.69) is 22.9 Å². The summed E-state index contributed by atoms with van der Waals surface area (Å²) in [4.78, 5) is 30.2. The van der Waals surface area contributed by atoms with E-state index < -0.39 is 24.2 Å². The lowest BCUT2D eigenvalue weighted by Crippen LogP contribution is -2.34. The second-order valence-corrected chi connectivity index (χ2v) is 13.0. The van der Waals surface area contributed by atoms with E-state index in [1.165, 1.54) is 84.0 Å². The Morgan fingerprint density at radius 2 is 1.39 bits per heavy atom. The maximum Gasteiger partial charge on any atom is 0.469 e. The van der Waals surface area contributed by atoms with Crippen LogP contribution in [0, 0.1) is 0 Å². The number of carbonyl (C=O) groups excluding carboxylic acids is 1. The first-order valence-corrected chi connectivity index (χ1v) is 16.7. The highest BCUT2D eigenvalue weighted by molar-refractivity contribution is 9.09. The van der Waals surface area contributed by atoms with Crippen LogP contribution in [0.3, 0.4) is 0 Å². The van der Waals surface area contributed by atoms with Crippen molar-refractivity contribution < 1.29 is 33.1 Å². The molecule has 0 aliphatic carbocycles. The highest BCUT2D eigenvalue weighted by Crippen LogP contribution is 2.44. The fourth-order valence-electron chi connectivity index (χ4n) is 4.53. The van der Waals surface area contributed by atoms with Crippen molar-refractivity contribution in [3.63, 3.8) is 0 Å². The molecule has 2 atom stereocenters. The molecule has 0 aromatic heterocycles. The number of ether oxygens (including phenoxy) is 2. The van der Waals surface area contributed by atoms with E-state index in [1.54, 1.807) is 0 Å². The molecule has 1 aromatic carbocycles. The first kappa shape index (κ1) is 35.3. The van der Waals surface area contributed by atoms with Crippen molar-refractivity contribution in [2.75, 3.05) is 19.8 Å². The van der Waals surface area contributed by atoms with Crippen LogP contribution >= 0.6 is 23.8 Å². The number of rotatable bonds is 24. The Balaban J connectivity index is 2.31. The van der Waals surface area contributed by atoms with Crippen LogP contribution in [0.4, 0.5) is 0 Å². The van der Waals surface area contributed by atoms with E-state index >= 15 is 0 Å². The smallest absolute Gasteiger partial charge is 0.460 e. The van der Waals surface area contributed by atoms with Gasteiger partial charge in [0, 0.05) is 20.0 Å². The number of benzene rings is 1. The number of esters is 1. The lowest BCUT2D eigenvalue weighted by Gasteiger charge is -2.31. The van der Waals surface area contributed by atoms with E-state index in [4.69, 9.17) is 14.0 Å². The van der Waals surface area contributed by atoms with E-state index in [9.17, 15) is 19.1 Å². The van der Waals surface area contributed by atoms with Gasteiger partial charge >= 0.3 is 13.8 Å². The van der Waals surface area contributed by atoms with Gasteiger partial charge in [0.2, 0.25) is 0 Å². The summed E-state index contributed by atoms with van der Waals surface area (Å²) in [6.45, 7) is 4.08. The summed E-state index contributed by atoms with van der Waals surface area (Å²) < 4.78 is 26.5. The Kier molecular flexibility index (Phi) is 19.5. The van der Waals surface area contributed by atoms with Gasteiger partial charge < -0.3 is 19.3 Å². The van der Waals surface area contributed by atoms with Crippen molar-refractivity contribution >= 4 is 29.7 Å². The summed E-state index contributed by atoms with van der Waals surface area (Å²) in [5.74, 6) is -0.436. The van der Waals surface area contributed by atoms with Crippen LogP contribution in [0.15, 0.2) is 30.3 Å². The highest BCUT2D eigenvalue weighted by atomic mass is 79.9. The van der Waals surface area contributed by atoms with Gasteiger partial charge in [-0.2, -0.15) is 0 Å². The summed E-state index contributed by atoms with van der Waals surface area (Å²) in [6, 6.07) is 9.17. The van der Waals surface area contributed by atoms with Crippen molar-refractivity contribution in [1.29, 1.82) is 0 Å². The largest absolute Gasteiger partial charge is 0.469 e. The first-order chi connectivity index (χ1) is 18.2. The van der Waals surface area contributed by atoms with Gasteiger partial charge in [0.05, 0.1) is 17.5 Å². The van der Waals surface area contributed by atoms with Gasteiger partial charge in [0.25, 0.3) is 0 Å². The number of alkyl halides is 1. The molecule has 0 heterocycles. The zero-order chi connectivity index (χ0) is 28.1. The average Bonchev–Trinajstić information content (AvgIpc) is 2.87. The molecule has 0 aliphatic heterocycles. The average molecular weight is 622 g/mol. The number of unbranched alkanes of at least 4 members (excludes halogenated alkanes) is 13. The third kappa shape index (κ3) is 18.5. The Labute approximate surface area is 238 Å². The van der Waals surface area contributed by atoms with Crippen LogP contribution in [0.1, 0.15) is 116 Å². The summed E-state index contributed by atoms with van der Waals surface area (Å²) in [5.41, 5.74) is 0.762. The van der Waals surface area contributed by atoms with Crippen molar-refractivity contribution in [2.24, 2.45) is 0 Å². The van der Waals surface area contributed by atoms with E-state index in [-0.39, 0.29) is 19.6 Å². The fourth-order valence-corrected chi connectivity index (χ4v) is 5.83. The van der Waals surface area contributed by atoms with Crippen LogP contribution in [0.2, 0.25) is 0 Å². The minimum Gasteiger partial charge on any atom is -0.460 e. The van der Waals surface area contributed by atoms with Crippen molar-refractivity contribution in [1.82, 2.24) is 0 Å². The number of phosphoric acid groups is 1. The van der Waals surface area contributed by atoms with Crippen LogP contribution < -0.4 is 0 Å². The van der Waals surface area contributed by atoms with Crippen LogP contribution in [-0.4, -0.2) is 41.7 Å². The molecule has 2 unspecified atom stereocenters. The van der Waals surface area contributed by atoms with E-state index in [0.29, 0.717) is 6.61 Å². The van der Waals surface area contributed by atoms with Crippen molar-refractivity contribution in [2.45, 2.75) is 121 Å². The molecular formula is C29H50BrO7P. The zero-order valence-electron chi connectivity index (χ0n) is 23.5. The van der Waals surface area contributed by atoms with Gasteiger partial charge in [-0.05, 0) is 12.0 Å². The Hall–Kier alpha value is -0.760. The number of hydrogen-bond acceptors (Lipinski definition) is 5. The van der Waals surface area contributed by atoms with Gasteiger partial charge in [-0.15, -0.1) is 0 Å². The van der Waals surface area contributed by atoms with Gasteiger partial charge in [-0.3, -0.25) is 9.32 Å². The van der Waals surface area contributed by atoms with Gasteiger partial charge in [0.15, 0.2) is 0 Å². The monoisotopic (exact) mass is 620 g/mol. The third-order valence-electron chi connectivity index (χ3n) is 6.58. The summed E-state index contributed by atoms with van der Waals surface area (Å²) >= 11 is 3.61. The zero-order valence-corrected chi connectivity index (χ0v) is 25.9. The molecule has 0 radical (unpaired) electrons. The van der Waals surface area contributed by atoms with E-state index in [0.717, 1.165) is 18.4 Å². The molecular weight excluding hydrogens is 571 g/mol. The van der Waals surface area contributed by atoms with Gasteiger partial charge in [-0.1, -0.05) is 137 Å². The minimum atomic E-state index is -4.68. The quantitative estimate of drug-likeness (QED) is 0.0519. The molecule has 9 heteroatoms. The summed E-state index contributed by atoms with van der Waals surface area (Å²) in [7, 11) is -4.68. The van der Waals surface area contributed by atoms with Crippen LogP contribution in [0.5, 0.6) is 0 Å². The summed E-state index contributed by atoms with van der Waals surface area (Å²) in [5, 5.41) is 0. The number of phosphoric ester groups is 1. The van der Waals surface area contributed by atoms with Crippen molar-refractivity contribution in [3.05, 3.63) is 35.9 Å². The van der Waals surface area contributed by atoms with Crippen molar-refractivity contribution in [3.8, 4) is 0 Å². The molecule has 0 bridgehead atoms. The predicted molar refractivity (Wildman–Crippen MR) is 156 cm³/mol. The van der Waals surface area contributed by atoms with Crippen LogP contribution in [-0.2, 0) is 27.7 Å². The first-order valence-electron chi connectivity index (χ1n) is 14.4. The predicted octanol–water partition coefficient (Wildman–Crippen LogP) is 8.21. The molecule has 0 amide bonds. The maximum absolute atomic E-state index is 11.7. The number of hydrogen-bond donors (Lipinski definition) is 2. The molecule has 1 aromatic rings. The normalized spacial score (nSPS) is 14.2. The lowest BCUT2D eigenvalue weighted by molar-refractivity contribution is -0.150. The minimum absolute atomic E-state index is 0.202. The molecule has 0 fully saturated rings. The molecule has 220 valence electrons. The SMILES string of the molecule is CCCCCCCCCCCCCCCCOCC(CC(Br)(COP(=O)(O)O)c1ccccc1)OC(C)=O. The van der Waals surface area contributed by atoms with Gasteiger partial charge in [-0.25, -0.2) is 4.57 Å². The summed E-state index contributed by atoms with van der Waals surface area (Å²) in [6.07, 6.45) is 17.8. The lowest BCUT2D eigenvalue weighted by atomic mass is 9.93. The highest BCUT2D eigenvalue weighted by Gasteiger charge is 2.36. The topological polar surface area (TPSA) is 102 Å². The number of halogens is 1. The Morgan fingerprint density at radius 1 is 0.895 bits per heavy atom. The molecule has 0 saturated carbocycles. The maximum atomic E-state index is 11.7. The Morgan fingerprint density at radius 3 is 1.87 bits per heavy atom. The third-order valence-corrected chi connectivity index (χ3v) is 8.06. The van der Waals surface area contributed by atoms with E-state index in [1.807, 2.05) is 30.3 Å². The van der Waals surface area contributed by atoms with Crippen LogP contribution in [0.25, 0.3) is 0 Å². The molecule has 0 spiro atoms. The molecule has 38 heavy (non-hydrogen) atoms. The molecule has 0 aliphatic rings. The number of carbonyl (C=O) groups is 1.